The predicted octanol–water partition coefficient (Wildman–Crippen LogP) is 3.83. The van der Waals surface area contributed by atoms with Crippen LogP contribution >= 0.6 is 0 Å². The van der Waals surface area contributed by atoms with E-state index in [9.17, 15) is 14.4 Å². The Hall–Kier alpha value is -3.97. The molecule has 2 heterocycles. The van der Waals surface area contributed by atoms with Crippen molar-refractivity contribution in [3.63, 3.8) is 0 Å². The molecule has 3 aromatic carbocycles. The first kappa shape index (κ1) is 28.6. The number of carbonyl (C=O) groups is 3. The maximum atomic E-state index is 13.7. The molecule has 41 heavy (non-hydrogen) atoms. The predicted molar refractivity (Wildman–Crippen MR) is 161 cm³/mol. The minimum Gasteiger partial charge on any atom is -0.353 e. The molecular weight excluding hydrogens is 512 g/mol. The highest BCUT2D eigenvalue weighted by molar-refractivity contribution is 6.00. The number of benzene rings is 3. The molecule has 2 saturated heterocycles. The maximum Gasteiger partial charge on any atom is 0.247 e. The van der Waals surface area contributed by atoms with Crippen LogP contribution in [0.5, 0.6) is 0 Å². The van der Waals surface area contributed by atoms with Gasteiger partial charge in [0.1, 0.15) is 11.6 Å². The van der Waals surface area contributed by atoms with Gasteiger partial charge in [0.2, 0.25) is 17.7 Å². The average Bonchev–Trinajstić information content (AvgIpc) is 3.01. The van der Waals surface area contributed by atoms with Gasteiger partial charge in [-0.15, -0.1) is 0 Å². The van der Waals surface area contributed by atoms with Gasteiger partial charge < -0.3 is 20.4 Å². The highest BCUT2D eigenvalue weighted by Crippen LogP contribution is 2.33. The highest BCUT2D eigenvalue weighted by atomic mass is 16.2. The lowest BCUT2D eigenvalue weighted by molar-refractivity contribution is -0.161. The largest absolute Gasteiger partial charge is 0.353 e. The van der Waals surface area contributed by atoms with Gasteiger partial charge in [-0.1, -0.05) is 91.9 Å². The van der Waals surface area contributed by atoms with Gasteiger partial charge in [-0.05, 0) is 47.9 Å². The number of nitrogens with zero attached hydrogens (tertiary/aromatic N) is 2. The minimum atomic E-state index is -0.814. The van der Waals surface area contributed by atoms with Crippen molar-refractivity contribution < 1.29 is 14.4 Å². The standard InChI is InChI=1S/C34H40N4O3/c1-2-20-38-32(40)30(25-35-31(39)24-28-15-9-10-16-29(28)27-13-7-4-8-14-27)36-33(41)34(38)18-22-37(23-19-34)21-17-26-11-5-3-6-12-26/h3-16,30H,2,17-25H2,1H3,(H,35,39)(H,36,41)/t30-/m0/s1. The molecule has 214 valence electrons. The van der Waals surface area contributed by atoms with Crippen molar-refractivity contribution in [1.82, 2.24) is 20.4 Å². The average molecular weight is 553 g/mol. The summed E-state index contributed by atoms with van der Waals surface area (Å²) in [6.45, 7) is 5.13. The molecule has 3 amide bonds. The summed E-state index contributed by atoms with van der Waals surface area (Å²) in [5.74, 6) is -0.374. The molecule has 2 aliphatic rings. The fraction of sp³-hybridized carbons (Fsp3) is 0.382. The second-order valence-electron chi connectivity index (χ2n) is 11.1. The normalized spacial score (nSPS) is 18.8. The molecule has 1 spiro atoms. The van der Waals surface area contributed by atoms with Crippen LogP contribution in [-0.4, -0.2) is 71.8 Å². The smallest absolute Gasteiger partial charge is 0.247 e. The van der Waals surface area contributed by atoms with E-state index in [2.05, 4.69) is 39.8 Å². The summed E-state index contributed by atoms with van der Waals surface area (Å²) >= 11 is 0. The van der Waals surface area contributed by atoms with Crippen LogP contribution in [0.1, 0.15) is 37.3 Å². The number of likely N-dealkylation sites (tertiary alicyclic amines) is 1. The zero-order chi connectivity index (χ0) is 28.7. The van der Waals surface area contributed by atoms with E-state index >= 15 is 0 Å². The van der Waals surface area contributed by atoms with Crippen LogP contribution in [0.25, 0.3) is 11.1 Å². The molecular formula is C34H40N4O3. The van der Waals surface area contributed by atoms with Crippen molar-refractivity contribution >= 4 is 17.7 Å². The maximum absolute atomic E-state index is 13.7. The first-order valence-electron chi connectivity index (χ1n) is 14.8. The Balaban J connectivity index is 1.19. The van der Waals surface area contributed by atoms with Crippen molar-refractivity contribution in [2.75, 3.05) is 32.7 Å². The van der Waals surface area contributed by atoms with Gasteiger partial charge in [-0.2, -0.15) is 0 Å². The van der Waals surface area contributed by atoms with E-state index in [-0.39, 0.29) is 30.7 Å². The lowest BCUT2D eigenvalue weighted by Crippen LogP contribution is -2.74. The number of carbonyl (C=O) groups excluding carboxylic acids is 3. The number of hydrogen-bond donors (Lipinski definition) is 2. The fourth-order valence-corrected chi connectivity index (χ4v) is 6.16. The van der Waals surface area contributed by atoms with Crippen molar-refractivity contribution in [3.05, 3.63) is 96.1 Å². The van der Waals surface area contributed by atoms with E-state index < -0.39 is 11.6 Å². The Bertz CT molecular complexity index is 1340. The summed E-state index contributed by atoms with van der Waals surface area (Å²) in [4.78, 5) is 44.5. The highest BCUT2D eigenvalue weighted by Gasteiger charge is 2.53. The molecule has 0 radical (unpaired) electrons. The van der Waals surface area contributed by atoms with Crippen LogP contribution in [0.3, 0.4) is 0 Å². The van der Waals surface area contributed by atoms with Crippen molar-refractivity contribution in [3.8, 4) is 11.1 Å². The number of rotatable bonds is 10. The van der Waals surface area contributed by atoms with E-state index in [1.54, 1.807) is 0 Å². The van der Waals surface area contributed by atoms with Crippen molar-refractivity contribution in [2.24, 2.45) is 0 Å². The van der Waals surface area contributed by atoms with Crippen LogP contribution in [0, 0.1) is 0 Å². The Morgan fingerprint density at radius 2 is 1.56 bits per heavy atom. The number of piperidine rings is 1. The summed E-state index contributed by atoms with van der Waals surface area (Å²) in [5.41, 5.74) is 3.47. The van der Waals surface area contributed by atoms with Crippen LogP contribution in [-0.2, 0) is 27.2 Å². The number of amides is 3. The molecule has 0 bridgehead atoms. The Morgan fingerprint density at radius 3 is 2.27 bits per heavy atom. The molecule has 2 N–H and O–H groups in total. The molecule has 0 aliphatic carbocycles. The molecule has 3 aromatic rings. The third-order valence-electron chi connectivity index (χ3n) is 8.46. The molecule has 2 fully saturated rings. The van der Waals surface area contributed by atoms with E-state index in [1.165, 1.54) is 5.56 Å². The number of piperazine rings is 1. The summed E-state index contributed by atoms with van der Waals surface area (Å²) in [5, 5.41) is 5.90. The SMILES string of the molecule is CCCN1C(=O)[C@H](CNC(=O)Cc2ccccc2-c2ccccc2)NC(=O)C12CCN(CCc1ccccc1)CC2. The van der Waals surface area contributed by atoms with Gasteiger partial charge in [0.05, 0.1) is 6.42 Å². The van der Waals surface area contributed by atoms with Gasteiger partial charge in [0, 0.05) is 32.7 Å². The molecule has 7 heteroatoms. The van der Waals surface area contributed by atoms with Gasteiger partial charge in [-0.25, -0.2) is 0 Å². The quantitative estimate of drug-likeness (QED) is 0.401. The summed E-state index contributed by atoms with van der Waals surface area (Å²) in [7, 11) is 0. The second-order valence-corrected chi connectivity index (χ2v) is 11.1. The van der Waals surface area contributed by atoms with E-state index in [4.69, 9.17) is 0 Å². The summed E-state index contributed by atoms with van der Waals surface area (Å²) < 4.78 is 0. The van der Waals surface area contributed by atoms with Crippen LogP contribution in [0.15, 0.2) is 84.9 Å². The summed E-state index contributed by atoms with van der Waals surface area (Å²) in [6.07, 6.45) is 3.17. The topological polar surface area (TPSA) is 81.8 Å². The molecule has 0 saturated carbocycles. The summed E-state index contributed by atoms with van der Waals surface area (Å²) in [6, 6.07) is 27.5. The molecule has 2 aliphatic heterocycles. The monoisotopic (exact) mass is 552 g/mol. The molecule has 1 atom stereocenters. The first-order valence-corrected chi connectivity index (χ1v) is 14.8. The zero-order valence-corrected chi connectivity index (χ0v) is 23.9. The Labute approximate surface area is 242 Å². The second kappa shape index (κ2) is 13.1. The molecule has 0 aromatic heterocycles. The van der Waals surface area contributed by atoms with E-state index in [1.807, 2.05) is 72.5 Å². The van der Waals surface area contributed by atoms with Crippen molar-refractivity contribution in [1.29, 1.82) is 0 Å². The van der Waals surface area contributed by atoms with Crippen LogP contribution in [0.2, 0.25) is 0 Å². The Morgan fingerprint density at radius 1 is 0.902 bits per heavy atom. The first-order chi connectivity index (χ1) is 20.0. The Kier molecular flexibility index (Phi) is 9.14. The zero-order valence-electron chi connectivity index (χ0n) is 23.9. The van der Waals surface area contributed by atoms with Gasteiger partial charge in [0.15, 0.2) is 0 Å². The third kappa shape index (κ3) is 6.51. The lowest BCUT2D eigenvalue weighted by atomic mass is 9.81. The van der Waals surface area contributed by atoms with Crippen LogP contribution < -0.4 is 10.6 Å². The van der Waals surface area contributed by atoms with Crippen molar-refractivity contribution in [2.45, 2.75) is 50.6 Å². The number of hydrogen-bond acceptors (Lipinski definition) is 4. The molecule has 7 nitrogen and oxygen atoms in total. The van der Waals surface area contributed by atoms with Gasteiger partial charge in [-0.3, -0.25) is 14.4 Å². The minimum absolute atomic E-state index is 0.0798. The molecule has 0 unspecified atom stereocenters. The third-order valence-corrected chi connectivity index (χ3v) is 8.46. The van der Waals surface area contributed by atoms with Gasteiger partial charge >= 0.3 is 0 Å². The number of nitrogens with one attached hydrogen (secondary N) is 2. The van der Waals surface area contributed by atoms with E-state index in [0.29, 0.717) is 19.4 Å². The molecule has 5 rings (SSSR count). The fourth-order valence-electron chi connectivity index (χ4n) is 6.16. The van der Waals surface area contributed by atoms with Crippen LogP contribution in [0.4, 0.5) is 0 Å². The van der Waals surface area contributed by atoms with E-state index in [0.717, 1.165) is 49.2 Å². The van der Waals surface area contributed by atoms with Gasteiger partial charge in [0.25, 0.3) is 0 Å². The lowest BCUT2D eigenvalue weighted by Gasteiger charge is -2.51.